The number of rotatable bonds is 7. The summed E-state index contributed by atoms with van der Waals surface area (Å²) in [6.07, 6.45) is 3.01. The zero-order valence-electron chi connectivity index (χ0n) is 24.3. The Morgan fingerprint density at radius 1 is 0.925 bits per heavy atom. The minimum absolute atomic E-state index is 0.145. The molecule has 40 heavy (non-hydrogen) atoms. The molecule has 0 aliphatic carbocycles. The molecular formula is C34H37N3O3. The summed E-state index contributed by atoms with van der Waals surface area (Å²) in [7, 11) is 1.58. The number of benzene rings is 3. The third-order valence-electron chi connectivity index (χ3n) is 6.86. The van der Waals surface area contributed by atoms with Gasteiger partial charge in [-0.1, -0.05) is 57.2 Å². The molecule has 0 atom stereocenters. The Bertz CT molecular complexity index is 1700. The van der Waals surface area contributed by atoms with Crippen LogP contribution in [0.4, 0.5) is 5.82 Å². The Morgan fingerprint density at radius 3 is 2.42 bits per heavy atom. The monoisotopic (exact) mass is 535 g/mol. The van der Waals surface area contributed by atoms with E-state index in [4.69, 9.17) is 14.5 Å². The number of esters is 1. The maximum absolute atomic E-state index is 13.2. The van der Waals surface area contributed by atoms with Crippen LogP contribution in [0.3, 0.4) is 0 Å². The average molecular weight is 536 g/mol. The second-order valence-electron chi connectivity index (χ2n) is 12.3. The lowest BCUT2D eigenvalue weighted by atomic mass is 9.82. The second-order valence-corrected chi connectivity index (χ2v) is 12.3. The molecule has 0 saturated heterocycles. The first kappa shape index (κ1) is 27.3. The maximum atomic E-state index is 13.2. The summed E-state index contributed by atoms with van der Waals surface area (Å²) in [6.45, 7) is 13.2. The van der Waals surface area contributed by atoms with Crippen LogP contribution in [-0.4, -0.2) is 28.0 Å². The van der Waals surface area contributed by atoms with Crippen LogP contribution in [0.15, 0.2) is 79.0 Å². The highest BCUT2D eigenvalue weighted by atomic mass is 16.6. The number of nitrogens with zero attached hydrogens (tertiary/aromatic N) is 2. The molecule has 6 heteroatoms. The molecule has 5 rings (SSSR count). The number of imidazole rings is 1. The van der Waals surface area contributed by atoms with Crippen molar-refractivity contribution in [1.29, 1.82) is 0 Å². The minimum Gasteiger partial charge on any atom is -0.493 e. The van der Waals surface area contributed by atoms with Crippen molar-refractivity contribution in [3.8, 4) is 22.8 Å². The first-order valence-electron chi connectivity index (χ1n) is 13.6. The molecule has 1 N–H and O–H groups in total. The summed E-state index contributed by atoms with van der Waals surface area (Å²) in [5.74, 6) is 1.29. The van der Waals surface area contributed by atoms with E-state index in [9.17, 15) is 4.79 Å². The van der Waals surface area contributed by atoms with E-state index in [0.29, 0.717) is 17.1 Å². The predicted molar refractivity (Wildman–Crippen MR) is 163 cm³/mol. The molecule has 0 saturated carbocycles. The molecule has 0 unspecified atom stereocenters. The quantitative estimate of drug-likeness (QED) is 0.168. The van der Waals surface area contributed by atoms with Crippen LogP contribution in [0.5, 0.6) is 11.5 Å². The number of aryl methyl sites for hydroxylation is 1. The number of anilines is 1. The van der Waals surface area contributed by atoms with Crippen molar-refractivity contribution in [2.24, 2.45) is 5.41 Å². The first-order valence-corrected chi connectivity index (χ1v) is 13.6. The topological polar surface area (TPSA) is 64.9 Å². The van der Waals surface area contributed by atoms with Crippen LogP contribution < -0.4 is 14.8 Å². The highest BCUT2D eigenvalue weighted by Gasteiger charge is 2.28. The number of carbonyl (C=O) groups excluding carboxylic acids is 1. The lowest BCUT2D eigenvalue weighted by Crippen LogP contribution is -2.36. The molecule has 3 aromatic carbocycles. The van der Waals surface area contributed by atoms with Crippen molar-refractivity contribution in [3.63, 3.8) is 0 Å². The summed E-state index contributed by atoms with van der Waals surface area (Å²) >= 11 is 0. The fraction of sp³-hybridized carbons (Fsp3) is 0.294. The van der Waals surface area contributed by atoms with Gasteiger partial charge in [0.05, 0.1) is 12.7 Å². The zero-order valence-corrected chi connectivity index (χ0v) is 24.3. The standard InChI is InChI=1S/C34H37N3O3/c1-22-17-18-37-29(19-22)35-30(31(37)36-34(5,6)21-33(2,3)4)24-15-16-27(28(20-24)39-7)40-32(38)26-14-10-12-23-11-8-9-13-25(23)26/h8-20,36H,21H2,1-7H3. The van der Waals surface area contributed by atoms with Gasteiger partial charge in [0.25, 0.3) is 0 Å². The predicted octanol–water partition coefficient (Wildman–Crippen LogP) is 8.32. The Kier molecular flexibility index (Phi) is 7.05. The molecule has 2 aromatic heterocycles. The Labute approximate surface area is 236 Å². The summed E-state index contributed by atoms with van der Waals surface area (Å²) in [5, 5.41) is 5.61. The molecule has 5 aromatic rings. The number of hydrogen-bond acceptors (Lipinski definition) is 5. The van der Waals surface area contributed by atoms with Crippen LogP contribution >= 0.6 is 0 Å². The van der Waals surface area contributed by atoms with Gasteiger partial charge in [-0.15, -0.1) is 0 Å². The lowest BCUT2D eigenvalue weighted by molar-refractivity contribution is 0.0732. The van der Waals surface area contributed by atoms with E-state index in [1.165, 1.54) is 0 Å². The van der Waals surface area contributed by atoms with Gasteiger partial charge in [-0.3, -0.25) is 4.40 Å². The smallest absolute Gasteiger partial charge is 0.344 e. The molecular weight excluding hydrogens is 498 g/mol. The van der Waals surface area contributed by atoms with E-state index in [0.717, 1.165) is 45.5 Å². The third-order valence-corrected chi connectivity index (χ3v) is 6.86. The molecule has 0 fully saturated rings. The van der Waals surface area contributed by atoms with Crippen molar-refractivity contribution in [3.05, 3.63) is 90.1 Å². The van der Waals surface area contributed by atoms with Gasteiger partial charge in [0.1, 0.15) is 17.2 Å². The van der Waals surface area contributed by atoms with Crippen molar-refractivity contribution in [1.82, 2.24) is 9.38 Å². The normalized spacial score (nSPS) is 12.1. The Balaban J connectivity index is 1.53. The number of aromatic nitrogens is 2. The summed E-state index contributed by atoms with van der Waals surface area (Å²) in [4.78, 5) is 18.2. The Hall–Kier alpha value is -4.32. The van der Waals surface area contributed by atoms with E-state index in [1.54, 1.807) is 19.2 Å². The number of ether oxygens (including phenoxy) is 2. The van der Waals surface area contributed by atoms with Crippen LogP contribution in [-0.2, 0) is 0 Å². The van der Waals surface area contributed by atoms with E-state index in [2.05, 4.69) is 63.4 Å². The van der Waals surface area contributed by atoms with Gasteiger partial charge in [0, 0.05) is 17.3 Å². The van der Waals surface area contributed by atoms with E-state index in [1.807, 2.05) is 54.7 Å². The fourth-order valence-corrected chi connectivity index (χ4v) is 5.62. The van der Waals surface area contributed by atoms with Crippen LogP contribution in [0.25, 0.3) is 27.7 Å². The molecule has 0 bridgehead atoms. The molecule has 0 aliphatic heterocycles. The number of hydrogen-bond donors (Lipinski definition) is 1. The largest absolute Gasteiger partial charge is 0.493 e. The Morgan fingerprint density at radius 2 is 1.68 bits per heavy atom. The maximum Gasteiger partial charge on any atom is 0.344 e. The lowest BCUT2D eigenvalue weighted by Gasteiger charge is -2.34. The van der Waals surface area contributed by atoms with Crippen LogP contribution in [0, 0.1) is 12.3 Å². The average Bonchev–Trinajstić information content (AvgIpc) is 3.23. The van der Waals surface area contributed by atoms with Gasteiger partial charge < -0.3 is 14.8 Å². The van der Waals surface area contributed by atoms with E-state index < -0.39 is 5.97 Å². The van der Waals surface area contributed by atoms with Gasteiger partial charge in [-0.2, -0.15) is 0 Å². The van der Waals surface area contributed by atoms with E-state index in [-0.39, 0.29) is 11.0 Å². The number of methoxy groups -OCH3 is 1. The molecule has 0 radical (unpaired) electrons. The first-order chi connectivity index (χ1) is 18.9. The summed E-state index contributed by atoms with van der Waals surface area (Å²) < 4.78 is 13.6. The molecule has 0 spiro atoms. The highest BCUT2D eigenvalue weighted by molar-refractivity contribution is 6.05. The zero-order chi connectivity index (χ0) is 28.7. The van der Waals surface area contributed by atoms with Crippen molar-refractivity contribution < 1.29 is 14.3 Å². The number of pyridine rings is 1. The molecule has 6 nitrogen and oxygen atoms in total. The summed E-state index contributed by atoms with van der Waals surface area (Å²) in [6, 6.07) is 23.1. The number of carbonyl (C=O) groups is 1. The third kappa shape index (κ3) is 5.67. The number of nitrogens with one attached hydrogen (secondary N) is 1. The van der Waals surface area contributed by atoms with Gasteiger partial charge in [0.2, 0.25) is 0 Å². The highest BCUT2D eigenvalue weighted by Crippen LogP contribution is 2.38. The minimum atomic E-state index is -0.433. The van der Waals surface area contributed by atoms with Gasteiger partial charge in [-0.25, -0.2) is 9.78 Å². The van der Waals surface area contributed by atoms with Crippen LogP contribution in [0.2, 0.25) is 0 Å². The summed E-state index contributed by atoms with van der Waals surface area (Å²) in [5.41, 5.74) is 4.12. The van der Waals surface area contributed by atoms with Crippen molar-refractivity contribution in [2.45, 2.75) is 53.5 Å². The number of fused-ring (bicyclic) bond motifs is 2. The van der Waals surface area contributed by atoms with Crippen molar-refractivity contribution in [2.75, 3.05) is 12.4 Å². The fourth-order valence-electron chi connectivity index (χ4n) is 5.62. The molecule has 206 valence electrons. The second kappa shape index (κ2) is 10.3. The molecule has 2 heterocycles. The van der Waals surface area contributed by atoms with Gasteiger partial charge in [0.15, 0.2) is 11.5 Å². The van der Waals surface area contributed by atoms with E-state index >= 15 is 0 Å². The van der Waals surface area contributed by atoms with Crippen LogP contribution in [0.1, 0.15) is 57.0 Å². The molecule has 0 amide bonds. The molecule has 0 aliphatic rings. The SMILES string of the molecule is COc1cc(-c2nc3cc(C)ccn3c2NC(C)(C)CC(C)(C)C)ccc1OC(=O)c1cccc2ccccc12. The van der Waals surface area contributed by atoms with Gasteiger partial charge >= 0.3 is 5.97 Å². The van der Waals surface area contributed by atoms with Gasteiger partial charge in [-0.05, 0) is 85.3 Å². The van der Waals surface area contributed by atoms with Crippen molar-refractivity contribution >= 4 is 28.2 Å².